The second kappa shape index (κ2) is 3.52. The lowest BCUT2D eigenvalue weighted by Crippen LogP contribution is -1.68. The minimum absolute atomic E-state index is 1.13. The van der Waals surface area contributed by atoms with Gasteiger partial charge in [0.1, 0.15) is 0 Å². The Hall–Kier alpha value is -0.630. The van der Waals surface area contributed by atoms with Crippen molar-refractivity contribution in [1.29, 1.82) is 0 Å². The summed E-state index contributed by atoms with van der Waals surface area (Å²) in [5.74, 6) is 0. The Labute approximate surface area is 65.4 Å². The highest BCUT2D eigenvalue weighted by atomic mass is 32.1. The Morgan fingerprint density at radius 2 is 2.40 bits per heavy atom. The van der Waals surface area contributed by atoms with E-state index in [1.807, 2.05) is 17.6 Å². The van der Waals surface area contributed by atoms with E-state index in [1.165, 1.54) is 9.75 Å². The summed E-state index contributed by atoms with van der Waals surface area (Å²) in [6.07, 6.45) is 3.02. The molecule has 0 aliphatic heterocycles. The van der Waals surface area contributed by atoms with E-state index >= 15 is 0 Å². The maximum absolute atomic E-state index is 3.94. The van der Waals surface area contributed by atoms with Crippen LogP contribution >= 0.6 is 11.3 Å². The maximum atomic E-state index is 3.94. The summed E-state index contributed by atoms with van der Waals surface area (Å²) >= 11 is 1.81. The number of hydrogen-bond acceptors (Lipinski definition) is 2. The average Bonchev–Trinajstić information content (AvgIpc) is 2.37. The fourth-order valence-electron chi connectivity index (χ4n) is 0.781. The van der Waals surface area contributed by atoms with Gasteiger partial charge in [-0.05, 0) is 18.6 Å². The summed E-state index contributed by atoms with van der Waals surface area (Å²) in [5, 5.41) is 0. The Kier molecular flexibility index (Phi) is 2.63. The van der Waals surface area contributed by atoms with Crippen LogP contribution in [0.4, 0.5) is 0 Å². The second-order valence-corrected chi connectivity index (χ2v) is 3.24. The van der Waals surface area contributed by atoms with Gasteiger partial charge < -0.3 is 0 Å². The van der Waals surface area contributed by atoms with Gasteiger partial charge in [-0.2, -0.15) is 0 Å². The van der Waals surface area contributed by atoms with Gasteiger partial charge in [0.15, 0.2) is 0 Å². The van der Waals surface area contributed by atoms with Gasteiger partial charge in [0, 0.05) is 23.0 Å². The van der Waals surface area contributed by atoms with E-state index in [9.17, 15) is 0 Å². The van der Waals surface area contributed by atoms with Crippen molar-refractivity contribution in [2.24, 2.45) is 4.99 Å². The second-order valence-electron chi connectivity index (χ2n) is 2.04. The standard InChI is InChI=1S/C8H11NS/c1-3-7-4-5-8(10-7)6-9-2/h4-6H,3H2,1-2H3. The molecule has 1 heterocycles. The van der Waals surface area contributed by atoms with Gasteiger partial charge in [0.25, 0.3) is 0 Å². The van der Waals surface area contributed by atoms with Crippen molar-refractivity contribution in [3.63, 3.8) is 0 Å². The highest BCUT2D eigenvalue weighted by Crippen LogP contribution is 2.14. The van der Waals surface area contributed by atoms with E-state index in [-0.39, 0.29) is 0 Å². The minimum Gasteiger partial charge on any atom is -0.295 e. The van der Waals surface area contributed by atoms with Crippen molar-refractivity contribution in [2.45, 2.75) is 13.3 Å². The molecule has 0 unspecified atom stereocenters. The van der Waals surface area contributed by atoms with Crippen LogP contribution in [0, 0.1) is 0 Å². The van der Waals surface area contributed by atoms with Crippen LogP contribution in [-0.2, 0) is 6.42 Å². The van der Waals surface area contributed by atoms with Gasteiger partial charge in [-0.15, -0.1) is 11.3 Å². The molecule has 0 bridgehead atoms. The third-order valence-electron chi connectivity index (χ3n) is 1.29. The van der Waals surface area contributed by atoms with Crippen molar-refractivity contribution in [3.05, 3.63) is 21.9 Å². The quantitative estimate of drug-likeness (QED) is 0.578. The highest BCUT2D eigenvalue weighted by Gasteiger charge is 1.92. The summed E-state index contributed by atoms with van der Waals surface area (Å²) in [4.78, 5) is 6.61. The van der Waals surface area contributed by atoms with Gasteiger partial charge in [0.05, 0.1) is 0 Å². The van der Waals surface area contributed by atoms with Crippen molar-refractivity contribution in [3.8, 4) is 0 Å². The van der Waals surface area contributed by atoms with Gasteiger partial charge in [-0.3, -0.25) is 4.99 Å². The zero-order valence-electron chi connectivity index (χ0n) is 6.29. The summed E-state index contributed by atoms with van der Waals surface area (Å²) in [5.41, 5.74) is 0. The third kappa shape index (κ3) is 1.67. The molecule has 0 radical (unpaired) electrons. The fourth-order valence-corrected chi connectivity index (χ4v) is 1.66. The zero-order chi connectivity index (χ0) is 7.40. The first-order chi connectivity index (χ1) is 4.86. The van der Waals surface area contributed by atoms with Crippen molar-refractivity contribution < 1.29 is 0 Å². The predicted molar refractivity (Wildman–Crippen MR) is 47.2 cm³/mol. The lowest BCUT2D eigenvalue weighted by atomic mass is 10.4. The molecule has 0 aliphatic carbocycles. The molecule has 10 heavy (non-hydrogen) atoms. The average molecular weight is 153 g/mol. The van der Waals surface area contributed by atoms with Gasteiger partial charge in [0.2, 0.25) is 0 Å². The molecule has 0 fully saturated rings. The van der Waals surface area contributed by atoms with E-state index in [1.54, 1.807) is 7.05 Å². The number of aryl methyl sites for hydroxylation is 1. The summed E-state index contributed by atoms with van der Waals surface area (Å²) in [7, 11) is 1.80. The van der Waals surface area contributed by atoms with Crippen LogP contribution in [0.25, 0.3) is 0 Å². The molecule has 0 amide bonds. The number of hydrogen-bond donors (Lipinski definition) is 0. The molecule has 54 valence electrons. The Balaban J connectivity index is 2.78. The predicted octanol–water partition coefficient (Wildman–Crippen LogP) is 2.36. The Morgan fingerprint density at radius 1 is 1.60 bits per heavy atom. The summed E-state index contributed by atoms with van der Waals surface area (Å²) < 4.78 is 0. The van der Waals surface area contributed by atoms with E-state index in [0.717, 1.165) is 6.42 Å². The number of thiophene rings is 1. The molecule has 1 rings (SSSR count). The molecule has 0 saturated heterocycles. The number of aliphatic imine (C=N–C) groups is 1. The monoisotopic (exact) mass is 153 g/mol. The lowest BCUT2D eigenvalue weighted by molar-refractivity contribution is 1.19. The topological polar surface area (TPSA) is 12.4 Å². The Morgan fingerprint density at radius 3 is 2.90 bits per heavy atom. The minimum atomic E-state index is 1.13. The zero-order valence-corrected chi connectivity index (χ0v) is 7.11. The lowest BCUT2D eigenvalue weighted by Gasteiger charge is -1.82. The third-order valence-corrected chi connectivity index (χ3v) is 2.45. The number of nitrogens with zero attached hydrogens (tertiary/aromatic N) is 1. The SMILES string of the molecule is CCc1ccc(C=NC)s1. The molecule has 1 aromatic rings. The molecule has 0 aliphatic rings. The molecular weight excluding hydrogens is 142 g/mol. The molecular formula is C8H11NS. The fraction of sp³-hybridized carbons (Fsp3) is 0.375. The molecule has 0 N–H and O–H groups in total. The molecule has 0 atom stereocenters. The van der Waals surface area contributed by atoms with E-state index < -0.39 is 0 Å². The van der Waals surface area contributed by atoms with E-state index in [0.29, 0.717) is 0 Å². The van der Waals surface area contributed by atoms with Crippen molar-refractivity contribution in [1.82, 2.24) is 0 Å². The first-order valence-electron chi connectivity index (χ1n) is 3.37. The maximum Gasteiger partial charge on any atom is 0.0451 e. The van der Waals surface area contributed by atoms with Crippen LogP contribution in [0.2, 0.25) is 0 Å². The highest BCUT2D eigenvalue weighted by molar-refractivity contribution is 7.13. The molecule has 1 aromatic heterocycles. The first-order valence-corrected chi connectivity index (χ1v) is 4.19. The molecule has 0 saturated carbocycles. The molecule has 0 spiro atoms. The largest absolute Gasteiger partial charge is 0.295 e. The van der Waals surface area contributed by atoms with Gasteiger partial charge >= 0.3 is 0 Å². The summed E-state index contributed by atoms with van der Waals surface area (Å²) in [6.45, 7) is 2.17. The number of rotatable bonds is 2. The van der Waals surface area contributed by atoms with Crippen LogP contribution in [0.15, 0.2) is 17.1 Å². The summed E-state index contributed by atoms with van der Waals surface area (Å²) in [6, 6.07) is 4.26. The van der Waals surface area contributed by atoms with Crippen LogP contribution in [0.3, 0.4) is 0 Å². The van der Waals surface area contributed by atoms with E-state index in [4.69, 9.17) is 0 Å². The van der Waals surface area contributed by atoms with Crippen LogP contribution in [0.1, 0.15) is 16.7 Å². The van der Waals surface area contributed by atoms with Gasteiger partial charge in [-0.25, -0.2) is 0 Å². The van der Waals surface area contributed by atoms with Crippen LogP contribution < -0.4 is 0 Å². The van der Waals surface area contributed by atoms with Crippen LogP contribution in [0.5, 0.6) is 0 Å². The normalized spacial score (nSPS) is 11.0. The van der Waals surface area contributed by atoms with E-state index in [2.05, 4.69) is 24.0 Å². The Bertz CT molecular complexity index is 225. The van der Waals surface area contributed by atoms with Gasteiger partial charge in [-0.1, -0.05) is 6.92 Å². The molecule has 0 aromatic carbocycles. The first kappa shape index (κ1) is 7.48. The van der Waals surface area contributed by atoms with Crippen molar-refractivity contribution >= 4 is 17.6 Å². The smallest absolute Gasteiger partial charge is 0.0451 e. The molecule has 2 heteroatoms. The van der Waals surface area contributed by atoms with Crippen LogP contribution in [-0.4, -0.2) is 13.3 Å². The van der Waals surface area contributed by atoms with Crippen molar-refractivity contribution in [2.75, 3.05) is 7.05 Å². The molecule has 1 nitrogen and oxygen atoms in total.